The fraction of sp³-hybridized carbons (Fsp3) is 0.385. The van der Waals surface area contributed by atoms with Gasteiger partial charge in [0.15, 0.2) is 5.65 Å². The van der Waals surface area contributed by atoms with E-state index in [-0.39, 0.29) is 23.6 Å². The number of nitrogens with one attached hydrogen (secondary N) is 4. The largest absolute Gasteiger partial charge is 0.484 e. The van der Waals surface area contributed by atoms with E-state index in [9.17, 15) is 4.79 Å². The summed E-state index contributed by atoms with van der Waals surface area (Å²) in [5.74, 6) is 2.03. The lowest BCUT2D eigenvalue weighted by atomic mass is 9.85. The smallest absolute Gasteiger partial charge is 0.320 e. The number of aromatic nitrogens is 3. The van der Waals surface area contributed by atoms with Crippen LogP contribution in [0.2, 0.25) is 0 Å². The van der Waals surface area contributed by atoms with Gasteiger partial charge in [0.25, 0.3) is 0 Å². The van der Waals surface area contributed by atoms with Crippen LogP contribution in [-0.2, 0) is 0 Å². The Bertz CT molecular complexity index is 1270. The second-order valence-electron chi connectivity index (χ2n) is 9.78. The number of carbonyl (C=O) groups excluding carboxylic acids is 1. The highest BCUT2D eigenvalue weighted by atomic mass is 16.5. The van der Waals surface area contributed by atoms with E-state index < -0.39 is 0 Å². The van der Waals surface area contributed by atoms with Crippen molar-refractivity contribution in [1.82, 2.24) is 30.5 Å². The van der Waals surface area contributed by atoms with Gasteiger partial charge in [-0.3, -0.25) is 9.72 Å². The summed E-state index contributed by atoms with van der Waals surface area (Å²) in [6, 6.07) is 11.4. The molecule has 2 amide bonds. The molecule has 2 aromatic heterocycles. The number of carbonyl (C=O) groups is 1. The lowest BCUT2D eigenvalue weighted by Crippen LogP contribution is -2.42. The Hall–Kier alpha value is -3.88. The Morgan fingerprint density at radius 3 is 2.60 bits per heavy atom. The number of urea groups is 1. The van der Waals surface area contributed by atoms with Crippen molar-refractivity contribution in [3.05, 3.63) is 71.4 Å². The van der Waals surface area contributed by atoms with Crippen LogP contribution in [0, 0.1) is 17.7 Å². The predicted molar refractivity (Wildman–Crippen MR) is 136 cm³/mol. The Balaban J connectivity index is 1.47. The zero-order valence-corrected chi connectivity index (χ0v) is 20.8. The fourth-order valence-electron chi connectivity index (χ4n) is 4.09. The number of hydrogen-bond donors (Lipinski definition) is 4. The predicted octanol–water partition coefficient (Wildman–Crippen LogP) is 4.42. The van der Waals surface area contributed by atoms with Crippen molar-refractivity contribution in [3.63, 3.8) is 0 Å². The van der Waals surface area contributed by atoms with Gasteiger partial charge < -0.3 is 20.8 Å². The summed E-state index contributed by atoms with van der Waals surface area (Å²) in [5.41, 5.74) is 2.99. The zero-order valence-electron chi connectivity index (χ0n) is 20.8. The normalized spacial score (nSPS) is 18.0. The number of ether oxygens (including phenoxy) is 1. The minimum Gasteiger partial charge on any atom is -0.484 e. The van der Waals surface area contributed by atoms with Crippen molar-refractivity contribution in [3.8, 4) is 5.75 Å². The highest BCUT2D eigenvalue weighted by Crippen LogP contribution is 2.38. The molecule has 1 aliphatic rings. The molecule has 35 heavy (non-hydrogen) atoms. The molecule has 0 saturated heterocycles. The van der Waals surface area contributed by atoms with Crippen LogP contribution in [0.3, 0.4) is 0 Å². The first-order chi connectivity index (χ1) is 16.7. The number of rotatable bonds is 6. The molecule has 184 valence electrons. The molecule has 0 bridgehead atoms. The number of nitrogens with zero attached hydrogens (tertiary/aromatic N) is 3. The Labute approximate surface area is 205 Å². The maximum atomic E-state index is 12.8. The Morgan fingerprint density at radius 1 is 1.14 bits per heavy atom. The quantitative estimate of drug-likeness (QED) is 0.394. The summed E-state index contributed by atoms with van der Waals surface area (Å²) in [6.07, 6.45) is 4.92. The average molecular weight is 476 g/mol. The molecule has 1 aliphatic carbocycles. The van der Waals surface area contributed by atoms with E-state index in [0.717, 1.165) is 41.2 Å². The topological polar surface area (TPSA) is 116 Å². The molecule has 4 rings (SSSR count). The molecule has 0 fully saturated rings. The van der Waals surface area contributed by atoms with Crippen molar-refractivity contribution >= 4 is 17.4 Å². The SMILES string of the molecule is CN/C(=C\C(=N)C(C)(C)C)NC(=O)N[C@H]1CC[C@@H](Oc2ccc3nnc(C)n3c2)c2ccccc21. The van der Waals surface area contributed by atoms with Crippen LogP contribution >= 0.6 is 0 Å². The lowest BCUT2D eigenvalue weighted by Gasteiger charge is -2.32. The molecule has 2 atom stereocenters. The number of benzene rings is 1. The molecule has 0 aliphatic heterocycles. The molecule has 4 N–H and O–H groups in total. The Kier molecular flexibility index (Phi) is 6.77. The summed E-state index contributed by atoms with van der Waals surface area (Å²) in [4.78, 5) is 12.8. The van der Waals surface area contributed by atoms with Gasteiger partial charge in [-0.05, 0) is 49.1 Å². The van der Waals surface area contributed by atoms with E-state index >= 15 is 0 Å². The minimum absolute atomic E-state index is 0.124. The lowest BCUT2D eigenvalue weighted by molar-refractivity contribution is 0.171. The van der Waals surface area contributed by atoms with Gasteiger partial charge >= 0.3 is 6.03 Å². The zero-order chi connectivity index (χ0) is 25.2. The van der Waals surface area contributed by atoms with Crippen LogP contribution in [0.5, 0.6) is 5.75 Å². The van der Waals surface area contributed by atoms with Crippen molar-refractivity contribution in [2.24, 2.45) is 5.41 Å². The summed E-state index contributed by atoms with van der Waals surface area (Å²) >= 11 is 0. The Morgan fingerprint density at radius 2 is 1.89 bits per heavy atom. The third-order valence-electron chi connectivity index (χ3n) is 6.18. The average Bonchev–Trinajstić information content (AvgIpc) is 3.19. The van der Waals surface area contributed by atoms with Gasteiger partial charge in [0, 0.05) is 18.2 Å². The van der Waals surface area contributed by atoms with E-state index in [2.05, 4.69) is 32.2 Å². The van der Waals surface area contributed by atoms with E-state index in [0.29, 0.717) is 11.5 Å². The van der Waals surface area contributed by atoms with Crippen molar-refractivity contribution in [2.45, 2.75) is 52.7 Å². The number of allylic oxidation sites excluding steroid dienone is 1. The molecule has 3 aromatic rings. The highest BCUT2D eigenvalue weighted by molar-refractivity contribution is 5.97. The first-order valence-electron chi connectivity index (χ1n) is 11.8. The fourth-order valence-corrected chi connectivity index (χ4v) is 4.09. The summed E-state index contributed by atoms with van der Waals surface area (Å²) in [7, 11) is 1.72. The summed E-state index contributed by atoms with van der Waals surface area (Å²) in [6.45, 7) is 7.79. The van der Waals surface area contributed by atoms with Gasteiger partial charge in [-0.15, -0.1) is 10.2 Å². The summed E-state index contributed by atoms with van der Waals surface area (Å²) < 4.78 is 8.29. The molecule has 0 unspecified atom stereocenters. The van der Waals surface area contributed by atoms with Crippen LogP contribution in [-0.4, -0.2) is 33.4 Å². The van der Waals surface area contributed by atoms with E-state index in [1.807, 2.05) is 68.6 Å². The van der Waals surface area contributed by atoms with Crippen LogP contribution in [0.1, 0.15) is 62.7 Å². The maximum absolute atomic E-state index is 12.8. The van der Waals surface area contributed by atoms with Gasteiger partial charge in [-0.1, -0.05) is 45.0 Å². The molecule has 0 spiro atoms. The van der Waals surface area contributed by atoms with Gasteiger partial charge in [-0.2, -0.15) is 0 Å². The molecule has 1 aromatic carbocycles. The second-order valence-corrected chi connectivity index (χ2v) is 9.78. The van der Waals surface area contributed by atoms with Crippen molar-refractivity contribution < 1.29 is 9.53 Å². The monoisotopic (exact) mass is 475 g/mol. The van der Waals surface area contributed by atoms with Crippen LogP contribution in [0.25, 0.3) is 5.65 Å². The van der Waals surface area contributed by atoms with Gasteiger partial charge in [0.1, 0.15) is 23.5 Å². The standard InChI is InChI=1S/C26H33N7O2/c1-16-31-32-24-13-10-17(15-33(16)24)35-21-12-11-20(18-8-6-7-9-19(18)21)29-25(34)30-23(28-5)14-22(27)26(2,3)4/h6-10,13-15,20-21,27-28H,11-12H2,1-5H3,(H2,29,30,34)/b23-14+,27-22?/t20-,21+/m0/s1. The molecule has 9 heteroatoms. The van der Waals surface area contributed by atoms with E-state index in [4.69, 9.17) is 10.1 Å². The van der Waals surface area contributed by atoms with E-state index in [1.165, 1.54) is 0 Å². The highest BCUT2D eigenvalue weighted by Gasteiger charge is 2.29. The molecular weight excluding hydrogens is 442 g/mol. The van der Waals surface area contributed by atoms with Crippen LogP contribution in [0.4, 0.5) is 4.79 Å². The van der Waals surface area contributed by atoms with E-state index in [1.54, 1.807) is 13.1 Å². The molecular formula is C26H33N7O2. The second kappa shape index (κ2) is 9.77. The third-order valence-corrected chi connectivity index (χ3v) is 6.18. The minimum atomic E-state index is -0.319. The number of pyridine rings is 1. The third kappa shape index (κ3) is 5.45. The maximum Gasteiger partial charge on any atom is 0.320 e. The number of fused-ring (bicyclic) bond motifs is 2. The van der Waals surface area contributed by atoms with Crippen molar-refractivity contribution in [2.75, 3.05) is 7.05 Å². The van der Waals surface area contributed by atoms with Crippen LogP contribution in [0.15, 0.2) is 54.5 Å². The van der Waals surface area contributed by atoms with Gasteiger partial charge in [-0.25, -0.2) is 4.79 Å². The number of hydrogen-bond acceptors (Lipinski definition) is 6. The van der Waals surface area contributed by atoms with Crippen LogP contribution < -0.4 is 20.7 Å². The molecule has 9 nitrogen and oxygen atoms in total. The number of aryl methyl sites for hydroxylation is 1. The molecule has 0 saturated carbocycles. The molecule has 2 heterocycles. The first kappa shape index (κ1) is 24.3. The van der Waals surface area contributed by atoms with Gasteiger partial charge in [0.05, 0.1) is 12.2 Å². The van der Waals surface area contributed by atoms with Crippen molar-refractivity contribution in [1.29, 1.82) is 5.41 Å². The number of amides is 2. The molecule has 0 radical (unpaired) electrons. The van der Waals surface area contributed by atoms with Gasteiger partial charge in [0.2, 0.25) is 0 Å². The first-order valence-corrected chi connectivity index (χ1v) is 11.8. The summed E-state index contributed by atoms with van der Waals surface area (Å²) in [5, 5.41) is 25.3.